The molecule has 0 radical (unpaired) electrons. The molecule has 7 heteroatoms. The van der Waals surface area contributed by atoms with E-state index in [-0.39, 0.29) is 10.7 Å². The van der Waals surface area contributed by atoms with Gasteiger partial charge in [-0.3, -0.25) is 4.79 Å². The number of aromatic nitrogens is 2. The SMILES string of the molecule is CCCN(CCC)c1ccc(C(=O)Nc2ccc(F)c(Cl)c2)nn1. The maximum Gasteiger partial charge on any atom is 0.276 e. The third kappa shape index (κ3) is 4.64. The van der Waals surface area contributed by atoms with Gasteiger partial charge in [0.25, 0.3) is 5.91 Å². The predicted octanol–water partition coefficient (Wildman–Crippen LogP) is 4.15. The highest BCUT2D eigenvalue weighted by Gasteiger charge is 2.12. The number of rotatable bonds is 7. The molecule has 0 fully saturated rings. The van der Waals surface area contributed by atoms with Gasteiger partial charge in [-0.15, -0.1) is 10.2 Å². The standard InChI is InChI=1S/C17H20ClFN4O/c1-3-9-23(10-4-2)16-8-7-15(21-22-16)17(24)20-12-5-6-14(19)13(18)11-12/h5-8,11H,3-4,9-10H2,1-2H3,(H,20,24). The Hall–Kier alpha value is -2.21. The van der Waals surface area contributed by atoms with E-state index >= 15 is 0 Å². The molecule has 5 nitrogen and oxygen atoms in total. The molecular formula is C17H20ClFN4O. The summed E-state index contributed by atoms with van der Waals surface area (Å²) < 4.78 is 13.1. The zero-order valence-electron chi connectivity index (χ0n) is 13.7. The molecule has 0 saturated heterocycles. The number of anilines is 2. The van der Waals surface area contributed by atoms with Crippen LogP contribution in [0.1, 0.15) is 37.2 Å². The minimum atomic E-state index is -0.536. The van der Waals surface area contributed by atoms with Crippen LogP contribution in [0.3, 0.4) is 0 Å². The summed E-state index contributed by atoms with van der Waals surface area (Å²) in [4.78, 5) is 14.3. The fraction of sp³-hybridized carbons (Fsp3) is 0.353. The Morgan fingerprint density at radius 1 is 1.17 bits per heavy atom. The molecule has 0 aliphatic heterocycles. The second kappa shape index (κ2) is 8.59. The number of hydrogen-bond acceptors (Lipinski definition) is 4. The molecule has 128 valence electrons. The van der Waals surface area contributed by atoms with Crippen molar-refractivity contribution in [2.45, 2.75) is 26.7 Å². The van der Waals surface area contributed by atoms with Crippen molar-refractivity contribution in [3.63, 3.8) is 0 Å². The second-order valence-electron chi connectivity index (χ2n) is 5.35. The summed E-state index contributed by atoms with van der Waals surface area (Å²) in [6, 6.07) is 7.39. The minimum absolute atomic E-state index is 0.0518. The highest BCUT2D eigenvalue weighted by atomic mass is 35.5. The van der Waals surface area contributed by atoms with E-state index in [2.05, 4.69) is 34.3 Å². The van der Waals surface area contributed by atoms with Gasteiger partial charge in [-0.05, 0) is 43.2 Å². The Morgan fingerprint density at radius 3 is 2.42 bits per heavy atom. The number of nitrogens with zero attached hydrogens (tertiary/aromatic N) is 3. The lowest BCUT2D eigenvalue weighted by Crippen LogP contribution is -2.26. The zero-order valence-corrected chi connectivity index (χ0v) is 14.5. The van der Waals surface area contributed by atoms with Crippen LogP contribution in [0.15, 0.2) is 30.3 Å². The van der Waals surface area contributed by atoms with Crippen molar-refractivity contribution < 1.29 is 9.18 Å². The predicted molar refractivity (Wildman–Crippen MR) is 94.2 cm³/mol. The lowest BCUT2D eigenvalue weighted by Gasteiger charge is -2.21. The first-order valence-electron chi connectivity index (χ1n) is 7.90. The largest absolute Gasteiger partial charge is 0.355 e. The molecule has 1 aromatic carbocycles. The molecule has 0 spiro atoms. The Bertz CT molecular complexity index is 687. The first-order chi connectivity index (χ1) is 11.5. The van der Waals surface area contributed by atoms with E-state index in [4.69, 9.17) is 11.6 Å². The van der Waals surface area contributed by atoms with Crippen LogP contribution in [0.2, 0.25) is 5.02 Å². The number of halogens is 2. The summed E-state index contributed by atoms with van der Waals surface area (Å²) in [7, 11) is 0. The zero-order chi connectivity index (χ0) is 17.5. The Kier molecular flexibility index (Phi) is 6.49. The van der Waals surface area contributed by atoms with E-state index in [1.807, 2.05) is 0 Å². The van der Waals surface area contributed by atoms with E-state index in [9.17, 15) is 9.18 Å². The average Bonchev–Trinajstić information content (AvgIpc) is 2.58. The van der Waals surface area contributed by atoms with E-state index in [1.165, 1.54) is 18.2 Å². The minimum Gasteiger partial charge on any atom is -0.355 e. The Morgan fingerprint density at radius 2 is 1.88 bits per heavy atom. The second-order valence-corrected chi connectivity index (χ2v) is 5.75. The maximum atomic E-state index is 13.1. The average molecular weight is 351 g/mol. The molecule has 24 heavy (non-hydrogen) atoms. The summed E-state index contributed by atoms with van der Waals surface area (Å²) in [5.41, 5.74) is 0.586. The summed E-state index contributed by atoms with van der Waals surface area (Å²) in [6.07, 6.45) is 2.02. The van der Waals surface area contributed by atoms with Crippen LogP contribution in [-0.2, 0) is 0 Å². The molecule has 1 N–H and O–H groups in total. The van der Waals surface area contributed by atoms with Crippen molar-refractivity contribution in [2.24, 2.45) is 0 Å². The molecule has 0 saturated carbocycles. The van der Waals surface area contributed by atoms with Crippen LogP contribution in [0.5, 0.6) is 0 Å². The molecule has 0 aliphatic rings. The van der Waals surface area contributed by atoms with Crippen molar-refractivity contribution in [3.8, 4) is 0 Å². The molecule has 0 unspecified atom stereocenters. The molecule has 2 rings (SSSR count). The molecule has 1 heterocycles. The van der Waals surface area contributed by atoms with Crippen molar-refractivity contribution in [3.05, 3.63) is 46.9 Å². The fourth-order valence-corrected chi connectivity index (χ4v) is 2.45. The normalized spacial score (nSPS) is 10.5. The monoisotopic (exact) mass is 350 g/mol. The van der Waals surface area contributed by atoms with Gasteiger partial charge < -0.3 is 10.2 Å². The van der Waals surface area contributed by atoms with E-state index in [0.717, 1.165) is 31.7 Å². The summed E-state index contributed by atoms with van der Waals surface area (Å²) in [6.45, 7) is 5.99. The molecule has 1 aromatic heterocycles. The van der Waals surface area contributed by atoms with Crippen molar-refractivity contribution >= 4 is 29.0 Å². The number of carbonyl (C=O) groups excluding carboxylic acids is 1. The molecule has 2 aromatic rings. The quantitative estimate of drug-likeness (QED) is 0.815. The van der Waals surface area contributed by atoms with E-state index in [1.54, 1.807) is 12.1 Å². The van der Waals surface area contributed by atoms with Gasteiger partial charge >= 0.3 is 0 Å². The first-order valence-corrected chi connectivity index (χ1v) is 8.28. The third-order valence-electron chi connectivity index (χ3n) is 3.37. The lowest BCUT2D eigenvalue weighted by molar-refractivity contribution is 0.102. The molecular weight excluding hydrogens is 331 g/mol. The Labute approximate surface area is 145 Å². The van der Waals surface area contributed by atoms with Gasteiger partial charge in [0.15, 0.2) is 11.5 Å². The molecule has 1 amide bonds. The van der Waals surface area contributed by atoms with Crippen molar-refractivity contribution in [2.75, 3.05) is 23.3 Å². The first kappa shape index (κ1) is 18.1. The van der Waals surface area contributed by atoms with Gasteiger partial charge in [-0.2, -0.15) is 0 Å². The van der Waals surface area contributed by atoms with Crippen LogP contribution in [0, 0.1) is 5.82 Å². The molecule has 0 aliphatic carbocycles. The number of amides is 1. The van der Waals surface area contributed by atoms with Gasteiger partial charge in [-0.1, -0.05) is 25.4 Å². The number of carbonyl (C=O) groups is 1. The number of hydrogen-bond donors (Lipinski definition) is 1. The maximum absolute atomic E-state index is 13.1. The summed E-state index contributed by atoms with van der Waals surface area (Å²) in [5.74, 6) is -0.208. The smallest absolute Gasteiger partial charge is 0.276 e. The van der Waals surface area contributed by atoms with Crippen LogP contribution >= 0.6 is 11.6 Å². The topological polar surface area (TPSA) is 58.1 Å². The highest BCUT2D eigenvalue weighted by molar-refractivity contribution is 6.31. The van der Waals surface area contributed by atoms with Gasteiger partial charge in [-0.25, -0.2) is 4.39 Å². The van der Waals surface area contributed by atoms with Crippen LogP contribution < -0.4 is 10.2 Å². The van der Waals surface area contributed by atoms with E-state index < -0.39 is 11.7 Å². The lowest BCUT2D eigenvalue weighted by atomic mass is 10.3. The number of nitrogens with one attached hydrogen (secondary N) is 1. The van der Waals surface area contributed by atoms with Gasteiger partial charge in [0, 0.05) is 18.8 Å². The van der Waals surface area contributed by atoms with Crippen LogP contribution in [0.4, 0.5) is 15.9 Å². The fourth-order valence-electron chi connectivity index (χ4n) is 2.26. The third-order valence-corrected chi connectivity index (χ3v) is 3.66. The van der Waals surface area contributed by atoms with Crippen LogP contribution in [-0.4, -0.2) is 29.2 Å². The van der Waals surface area contributed by atoms with Crippen molar-refractivity contribution in [1.82, 2.24) is 10.2 Å². The molecule has 0 atom stereocenters. The molecule has 0 bridgehead atoms. The van der Waals surface area contributed by atoms with E-state index in [0.29, 0.717) is 5.69 Å². The van der Waals surface area contributed by atoms with Gasteiger partial charge in [0.1, 0.15) is 5.82 Å². The summed E-state index contributed by atoms with van der Waals surface area (Å²) in [5, 5.41) is 10.7. The summed E-state index contributed by atoms with van der Waals surface area (Å²) >= 11 is 5.70. The van der Waals surface area contributed by atoms with Crippen LogP contribution in [0.25, 0.3) is 0 Å². The van der Waals surface area contributed by atoms with Crippen molar-refractivity contribution in [1.29, 1.82) is 0 Å². The number of benzene rings is 1. The Balaban J connectivity index is 2.08. The highest BCUT2D eigenvalue weighted by Crippen LogP contribution is 2.20. The van der Waals surface area contributed by atoms with Gasteiger partial charge in [0.2, 0.25) is 0 Å². The van der Waals surface area contributed by atoms with Gasteiger partial charge in [0.05, 0.1) is 5.02 Å².